The maximum absolute atomic E-state index is 12.4. The highest BCUT2D eigenvalue weighted by molar-refractivity contribution is 7.89. The van der Waals surface area contributed by atoms with Crippen LogP contribution < -0.4 is 9.46 Å². The van der Waals surface area contributed by atoms with Gasteiger partial charge in [0.15, 0.2) is 0 Å². The zero-order valence-electron chi connectivity index (χ0n) is 11.6. The van der Waals surface area contributed by atoms with Gasteiger partial charge in [0.2, 0.25) is 10.0 Å². The number of methoxy groups -OCH3 is 1. The molecule has 0 aliphatic heterocycles. The van der Waals surface area contributed by atoms with Gasteiger partial charge in [-0.15, -0.1) is 0 Å². The van der Waals surface area contributed by atoms with Gasteiger partial charge in [-0.3, -0.25) is 0 Å². The quantitative estimate of drug-likeness (QED) is 0.833. The molecule has 5 nitrogen and oxygen atoms in total. The predicted molar refractivity (Wildman–Crippen MR) is 76.4 cm³/mol. The van der Waals surface area contributed by atoms with Crippen molar-refractivity contribution in [2.75, 3.05) is 13.7 Å². The highest BCUT2D eigenvalue weighted by Crippen LogP contribution is 2.25. The van der Waals surface area contributed by atoms with Gasteiger partial charge < -0.3 is 9.84 Å². The summed E-state index contributed by atoms with van der Waals surface area (Å²) < 4.78 is 32.8. The van der Waals surface area contributed by atoms with E-state index in [-0.39, 0.29) is 24.0 Å². The van der Waals surface area contributed by atoms with Crippen LogP contribution in [0.5, 0.6) is 5.75 Å². The molecule has 0 amide bonds. The molecule has 2 N–H and O–H groups in total. The van der Waals surface area contributed by atoms with Gasteiger partial charge in [-0.2, -0.15) is 0 Å². The average Bonchev–Trinajstić information content (AvgIpc) is 2.91. The average molecular weight is 299 g/mol. The van der Waals surface area contributed by atoms with Gasteiger partial charge in [-0.05, 0) is 43.0 Å². The minimum Gasteiger partial charge on any atom is -0.497 e. The Bertz CT molecular complexity index is 550. The topological polar surface area (TPSA) is 75.6 Å². The first-order chi connectivity index (χ1) is 9.56. The zero-order valence-corrected chi connectivity index (χ0v) is 12.4. The molecule has 0 heterocycles. The van der Waals surface area contributed by atoms with Crippen molar-refractivity contribution in [2.24, 2.45) is 0 Å². The van der Waals surface area contributed by atoms with Crippen molar-refractivity contribution >= 4 is 10.0 Å². The summed E-state index contributed by atoms with van der Waals surface area (Å²) in [5.74, 6) is 0.591. The second kappa shape index (κ2) is 6.56. The van der Waals surface area contributed by atoms with Crippen LogP contribution in [0, 0.1) is 0 Å². The van der Waals surface area contributed by atoms with Gasteiger partial charge in [0.05, 0.1) is 12.0 Å². The lowest BCUT2D eigenvalue weighted by atomic mass is 10.1. The zero-order chi connectivity index (χ0) is 14.6. The van der Waals surface area contributed by atoms with E-state index in [4.69, 9.17) is 9.84 Å². The van der Waals surface area contributed by atoms with E-state index >= 15 is 0 Å². The third-order valence-corrected chi connectivity index (χ3v) is 5.24. The number of rotatable bonds is 6. The van der Waals surface area contributed by atoms with Gasteiger partial charge in [-0.25, -0.2) is 13.1 Å². The van der Waals surface area contributed by atoms with Crippen LogP contribution in [0.1, 0.15) is 31.2 Å². The Balaban J connectivity index is 2.29. The molecule has 0 bridgehead atoms. The van der Waals surface area contributed by atoms with Gasteiger partial charge in [0.25, 0.3) is 0 Å². The van der Waals surface area contributed by atoms with Crippen LogP contribution in [0.4, 0.5) is 0 Å². The molecule has 1 aliphatic rings. The summed E-state index contributed by atoms with van der Waals surface area (Å²) in [6, 6.07) is 4.87. The van der Waals surface area contributed by atoms with Crippen molar-refractivity contribution in [2.45, 2.75) is 43.0 Å². The summed E-state index contributed by atoms with van der Waals surface area (Å²) in [5, 5.41) is 9.10. The minimum atomic E-state index is -3.54. The number of benzene rings is 1. The number of nitrogens with one attached hydrogen (secondary N) is 1. The lowest BCUT2D eigenvalue weighted by Gasteiger charge is -2.15. The summed E-state index contributed by atoms with van der Waals surface area (Å²) in [6.45, 7) is -0.0981. The van der Waals surface area contributed by atoms with Crippen molar-refractivity contribution in [3.8, 4) is 5.75 Å². The van der Waals surface area contributed by atoms with E-state index in [1.807, 2.05) is 0 Å². The first-order valence-corrected chi connectivity index (χ1v) is 8.35. The number of aliphatic hydroxyl groups is 1. The molecule has 1 aromatic carbocycles. The molecule has 0 saturated heterocycles. The van der Waals surface area contributed by atoms with Crippen LogP contribution in [0.25, 0.3) is 0 Å². The van der Waals surface area contributed by atoms with Crippen LogP contribution in [-0.2, 0) is 16.4 Å². The molecule has 2 rings (SSSR count). The molecular weight excluding hydrogens is 278 g/mol. The summed E-state index contributed by atoms with van der Waals surface area (Å²) in [7, 11) is -2.01. The molecule has 0 aromatic heterocycles. The normalized spacial score (nSPS) is 16.5. The van der Waals surface area contributed by atoms with Crippen LogP contribution in [0.15, 0.2) is 23.1 Å². The van der Waals surface area contributed by atoms with E-state index in [2.05, 4.69) is 4.72 Å². The van der Waals surface area contributed by atoms with E-state index in [0.717, 1.165) is 25.7 Å². The van der Waals surface area contributed by atoms with E-state index in [9.17, 15) is 8.42 Å². The van der Waals surface area contributed by atoms with E-state index in [1.54, 1.807) is 18.2 Å². The first kappa shape index (κ1) is 15.3. The van der Waals surface area contributed by atoms with E-state index in [0.29, 0.717) is 11.3 Å². The SMILES string of the molecule is COc1ccc(S(=O)(=O)NC2CCCC2)c(CCO)c1. The Morgan fingerprint density at radius 2 is 2.05 bits per heavy atom. The van der Waals surface area contributed by atoms with Crippen molar-refractivity contribution in [3.05, 3.63) is 23.8 Å². The standard InChI is InChI=1S/C14H21NO4S/c1-19-13-6-7-14(11(10-13)8-9-16)20(17,18)15-12-4-2-3-5-12/h6-7,10,12,15-16H,2-5,8-9H2,1H3. The molecule has 0 radical (unpaired) electrons. The van der Waals surface area contributed by atoms with Crippen molar-refractivity contribution in [1.82, 2.24) is 4.72 Å². The highest BCUT2D eigenvalue weighted by atomic mass is 32.2. The minimum absolute atomic E-state index is 0.0316. The molecule has 20 heavy (non-hydrogen) atoms. The van der Waals surface area contributed by atoms with Gasteiger partial charge in [0, 0.05) is 12.6 Å². The van der Waals surface area contributed by atoms with Crippen molar-refractivity contribution in [1.29, 1.82) is 0 Å². The fraction of sp³-hybridized carbons (Fsp3) is 0.571. The Labute approximate surface area is 120 Å². The number of ether oxygens (including phenoxy) is 1. The Morgan fingerprint density at radius 3 is 2.65 bits per heavy atom. The van der Waals surface area contributed by atoms with Gasteiger partial charge >= 0.3 is 0 Å². The molecule has 1 aliphatic carbocycles. The molecule has 112 valence electrons. The Hall–Kier alpha value is -1.11. The summed E-state index contributed by atoms with van der Waals surface area (Å²) in [4.78, 5) is 0.235. The van der Waals surface area contributed by atoms with Crippen molar-refractivity contribution in [3.63, 3.8) is 0 Å². The fourth-order valence-corrected chi connectivity index (χ4v) is 4.14. The van der Waals surface area contributed by atoms with Crippen molar-refractivity contribution < 1.29 is 18.3 Å². The Morgan fingerprint density at radius 1 is 1.35 bits per heavy atom. The van der Waals surface area contributed by atoms with E-state index in [1.165, 1.54) is 7.11 Å². The first-order valence-electron chi connectivity index (χ1n) is 6.87. The largest absolute Gasteiger partial charge is 0.497 e. The smallest absolute Gasteiger partial charge is 0.241 e. The molecule has 1 saturated carbocycles. The summed E-state index contributed by atoms with van der Waals surface area (Å²) >= 11 is 0. The molecule has 1 aromatic rings. The Kier molecular flexibility index (Phi) is 5.01. The van der Waals surface area contributed by atoms with Crippen LogP contribution in [0.2, 0.25) is 0 Å². The third kappa shape index (κ3) is 3.50. The summed E-state index contributed by atoms with van der Waals surface area (Å²) in [5.41, 5.74) is 0.581. The lowest BCUT2D eigenvalue weighted by molar-refractivity contribution is 0.298. The number of sulfonamides is 1. The third-order valence-electron chi connectivity index (χ3n) is 3.62. The molecule has 0 atom stereocenters. The van der Waals surface area contributed by atoms with Crippen LogP contribution in [-0.4, -0.2) is 33.3 Å². The fourth-order valence-electron chi connectivity index (χ4n) is 2.59. The van der Waals surface area contributed by atoms with Gasteiger partial charge in [0.1, 0.15) is 5.75 Å². The maximum atomic E-state index is 12.4. The van der Waals surface area contributed by atoms with Gasteiger partial charge in [-0.1, -0.05) is 12.8 Å². The molecule has 0 unspecified atom stereocenters. The lowest BCUT2D eigenvalue weighted by Crippen LogP contribution is -2.33. The number of aliphatic hydroxyl groups excluding tert-OH is 1. The number of hydrogen-bond acceptors (Lipinski definition) is 4. The molecule has 0 spiro atoms. The number of hydrogen-bond donors (Lipinski definition) is 2. The summed E-state index contributed by atoms with van der Waals surface area (Å²) in [6.07, 6.45) is 4.21. The second-order valence-electron chi connectivity index (χ2n) is 5.05. The second-order valence-corrected chi connectivity index (χ2v) is 6.73. The molecule has 1 fully saturated rings. The van der Waals surface area contributed by atoms with Crippen LogP contribution >= 0.6 is 0 Å². The monoisotopic (exact) mass is 299 g/mol. The van der Waals surface area contributed by atoms with Crippen LogP contribution in [0.3, 0.4) is 0 Å². The molecular formula is C14H21NO4S. The van der Waals surface area contributed by atoms with E-state index < -0.39 is 10.0 Å². The predicted octanol–water partition coefficient (Wildman–Crippen LogP) is 1.45. The maximum Gasteiger partial charge on any atom is 0.241 e. The molecule has 6 heteroatoms. The highest BCUT2D eigenvalue weighted by Gasteiger charge is 2.25.